The van der Waals surface area contributed by atoms with E-state index in [-0.39, 0.29) is 0 Å². The quantitative estimate of drug-likeness (QED) is 0.833. The molecule has 1 heterocycles. The minimum Gasteiger partial charge on any atom is -0.496 e. The Morgan fingerprint density at radius 2 is 2.21 bits per heavy atom. The average Bonchev–Trinajstić information content (AvgIpc) is 2.88. The van der Waals surface area contributed by atoms with Crippen LogP contribution in [0.4, 0.5) is 0 Å². The number of aromatic nitrogens is 2. The summed E-state index contributed by atoms with van der Waals surface area (Å²) in [7, 11) is 3.59. The van der Waals surface area contributed by atoms with Gasteiger partial charge in [-0.25, -0.2) is 0 Å². The lowest BCUT2D eigenvalue weighted by Gasteiger charge is -2.05. The normalized spacial score (nSPS) is 10.7. The predicted octanol–water partition coefficient (Wildman–Crippen LogP) is 3.02. The van der Waals surface area contributed by atoms with Crippen LogP contribution < -0.4 is 10.1 Å². The molecule has 0 spiro atoms. The van der Waals surface area contributed by atoms with Crippen molar-refractivity contribution >= 4 is 22.9 Å². The molecule has 102 valence electrons. The molecule has 0 amide bonds. The van der Waals surface area contributed by atoms with Crippen molar-refractivity contribution in [3.05, 3.63) is 28.2 Å². The molecule has 2 aromatic rings. The van der Waals surface area contributed by atoms with Crippen LogP contribution in [0.5, 0.6) is 5.75 Å². The summed E-state index contributed by atoms with van der Waals surface area (Å²) in [6.45, 7) is 0.982. The van der Waals surface area contributed by atoms with Crippen molar-refractivity contribution in [2.75, 3.05) is 20.7 Å². The van der Waals surface area contributed by atoms with Crippen molar-refractivity contribution in [1.29, 1.82) is 0 Å². The van der Waals surface area contributed by atoms with Gasteiger partial charge in [0.1, 0.15) is 10.8 Å². The Hall–Kier alpha value is -1.17. The highest BCUT2D eigenvalue weighted by Crippen LogP contribution is 2.34. The van der Waals surface area contributed by atoms with Crippen LogP contribution in [0.25, 0.3) is 10.6 Å². The Morgan fingerprint density at radius 1 is 1.37 bits per heavy atom. The first kappa shape index (κ1) is 14.2. The summed E-state index contributed by atoms with van der Waals surface area (Å²) in [5, 5.41) is 14.1. The Bertz CT molecular complexity index is 544. The first-order valence-electron chi connectivity index (χ1n) is 6.05. The maximum Gasteiger partial charge on any atom is 0.151 e. The molecule has 0 radical (unpaired) electrons. The lowest BCUT2D eigenvalue weighted by atomic mass is 10.2. The van der Waals surface area contributed by atoms with Gasteiger partial charge in [0.25, 0.3) is 0 Å². The molecule has 0 saturated heterocycles. The van der Waals surface area contributed by atoms with E-state index in [1.165, 1.54) is 0 Å². The molecule has 2 rings (SSSR count). The Balaban J connectivity index is 2.20. The van der Waals surface area contributed by atoms with E-state index in [1.807, 2.05) is 19.2 Å². The molecule has 0 aliphatic heterocycles. The largest absolute Gasteiger partial charge is 0.496 e. The number of hydrogen-bond acceptors (Lipinski definition) is 5. The summed E-state index contributed by atoms with van der Waals surface area (Å²) < 4.78 is 5.33. The van der Waals surface area contributed by atoms with Crippen LogP contribution in [0.2, 0.25) is 5.02 Å². The van der Waals surface area contributed by atoms with E-state index in [2.05, 4.69) is 15.5 Å². The molecule has 0 aliphatic carbocycles. The van der Waals surface area contributed by atoms with E-state index >= 15 is 0 Å². The fraction of sp³-hybridized carbons (Fsp3) is 0.385. The van der Waals surface area contributed by atoms with Gasteiger partial charge in [0, 0.05) is 11.4 Å². The fourth-order valence-electron chi connectivity index (χ4n) is 1.73. The first-order valence-corrected chi connectivity index (χ1v) is 7.25. The predicted molar refractivity (Wildman–Crippen MR) is 79.2 cm³/mol. The third kappa shape index (κ3) is 3.65. The molecule has 0 unspecified atom stereocenters. The molecule has 0 aliphatic rings. The highest BCUT2D eigenvalue weighted by molar-refractivity contribution is 7.14. The smallest absolute Gasteiger partial charge is 0.151 e. The molecule has 0 atom stereocenters. The van der Waals surface area contributed by atoms with Gasteiger partial charge in [-0.1, -0.05) is 22.9 Å². The van der Waals surface area contributed by atoms with Gasteiger partial charge in [-0.2, -0.15) is 0 Å². The molecular formula is C13H16ClN3OS. The van der Waals surface area contributed by atoms with Gasteiger partial charge >= 0.3 is 0 Å². The molecule has 0 bridgehead atoms. The highest BCUT2D eigenvalue weighted by Gasteiger charge is 2.12. The SMILES string of the molecule is CNCCCc1nnc(-c2cc(Cl)ccc2OC)s1. The lowest BCUT2D eigenvalue weighted by molar-refractivity contribution is 0.416. The van der Waals surface area contributed by atoms with E-state index in [0.29, 0.717) is 5.02 Å². The lowest BCUT2D eigenvalue weighted by Crippen LogP contribution is -2.08. The topological polar surface area (TPSA) is 47.0 Å². The summed E-state index contributed by atoms with van der Waals surface area (Å²) >= 11 is 7.61. The van der Waals surface area contributed by atoms with Crippen LogP contribution in [0.3, 0.4) is 0 Å². The van der Waals surface area contributed by atoms with Crippen molar-refractivity contribution in [3.63, 3.8) is 0 Å². The van der Waals surface area contributed by atoms with E-state index in [0.717, 1.165) is 40.7 Å². The third-order valence-corrected chi connectivity index (χ3v) is 3.93. The van der Waals surface area contributed by atoms with Crippen LogP contribution in [0, 0.1) is 0 Å². The molecule has 1 aromatic heterocycles. The van der Waals surface area contributed by atoms with Crippen molar-refractivity contribution in [1.82, 2.24) is 15.5 Å². The highest BCUT2D eigenvalue weighted by atomic mass is 35.5. The number of methoxy groups -OCH3 is 1. The van der Waals surface area contributed by atoms with Gasteiger partial charge in [-0.3, -0.25) is 0 Å². The van der Waals surface area contributed by atoms with Gasteiger partial charge in [0.05, 0.1) is 12.7 Å². The van der Waals surface area contributed by atoms with Crippen LogP contribution in [-0.2, 0) is 6.42 Å². The van der Waals surface area contributed by atoms with Crippen molar-refractivity contribution < 1.29 is 4.74 Å². The van der Waals surface area contributed by atoms with Crippen molar-refractivity contribution in [3.8, 4) is 16.3 Å². The van der Waals surface area contributed by atoms with E-state index in [4.69, 9.17) is 16.3 Å². The Morgan fingerprint density at radius 3 is 2.95 bits per heavy atom. The summed E-state index contributed by atoms with van der Waals surface area (Å²) in [5.74, 6) is 0.766. The van der Waals surface area contributed by atoms with Crippen LogP contribution in [-0.4, -0.2) is 30.9 Å². The summed E-state index contributed by atoms with van der Waals surface area (Å²) in [6.07, 6.45) is 1.99. The molecular weight excluding hydrogens is 282 g/mol. The molecule has 0 fully saturated rings. The fourth-order valence-corrected chi connectivity index (χ4v) is 2.80. The minimum absolute atomic E-state index is 0.669. The number of halogens is 1. The summed E-state index contributed by atoms with van der Waals surface area (Å²) in [6, 6.07) is 5.51. The molecule has 1 aromatic carbocycles. The second-order valence-corrected chi connectivity index (χ2v) is 5.55. The van der Waals surface area contributed by atoms with E-state index < -0.39 is 0 Å². The number of aryl methyl sites for hydroxylation is 1. The van der Waals surface area contributed by atoms with Crippen LogP contribution >= 0.6 is 22.9 Å². The standard InChI is InChI=1S/C13H16ClN3OS/c1-15-7-3-4-12-16-17-13(19-12)10-8-9(14)5-6-11(10)18-2/h5-6,8,15H,3-4,7H2,1-2H3. The number of nitrogens with zero attached hydrogens (tertiary/aromatic N) is 2. The van der Waals surface area contributed by atoms with Crippen molar-refractivity contribution in [2.45, 2.75) is 12.8 Å². The molecule has 4 nitrogen and oxygen atoms in total. The zero-order chi connectivity index (χ0) is 13.7. The van der Waals surface area contributed by atoms with Crippen molar-refractivity contribution in [2.24, 2.45) is 0 Å². The van der Waals surface area contributed by atoms with E-state index in [9.17, 15) is 0 Å². The van der Waals surface area contributed by atoms with Gasteiger partial charge in [-0.05, 0) is 38.2 Å². The second kappa shape index (κ2) is 6.84. The van der Waals surface area contributed by atoms with Crippen LogP contribution in [0.15, 0.2) is 18.2 Å². The average molecular weight is 298 g/mol. The minimum atomic E-state index is 0.669. The number of ether oxygens (including phenoxy) is 1. The zero-order valence-electron chi connectivity index (χ0n) is 10.9. The molecule has 1 N–H and O–H groups in total. The summed E-state index contributed by atoms with van der Waals surface area (Å²) in [4.78, 5) is 0. The monoisotopic (exact) mass is 297 g/mol. The number of hydrogen-bond donors (Lipinski definition) is 1. The number of nitrogens with one attached hydrogen (secondary N) is 1. The van der Waals surface area contributed by atoms with Crippen LogP contribution in [0.1, 0.15) is 11.4 Å². The Labute approximate surface area is 121 Å². The number of rotatable bonds is 6. The molecule has 6 heteroatoms. The summed E-state index contributed by atoms with van der Waals surface area (Å²) in [5.41, 5.74) is 0.896. The maximum atomic E-state index is 6.03. The maximum absolute atomic E-state index is 6.03. The van der Waals surface area contributed by atoms with Gasteiger partial charge in [0.15, 0.2) is 5.01 Å². The van der Waals surface area contributed by atoms with Gasteiger partial charge < -0.3 is 10.1 Å². The number of benzene rings is 1. The first-order chi connectivity index (χ1) is 9.24. The Kier molecular flexibility index (Phi) is 5.13. The zero-order valence-corrected chi connectivity index (χ0v) is 12.5. The van der Waals surface area contributed by atoms with Gasteiger partial charge in [-0.15, -0.1) is 10.2 Å². The molecule has 19 heavy (non-hydrogen) atoms. The second-order valence-electron chi connectivity index (χ2n) is 4.05. The van der Waals surface area contributed by atoms with Gasteiger partial charge in [0.2, 0.25) is 0 Å². The third-order valence-electron chi connectivity index (χ3n) is 2.68. The van der Waals surface area contributed by atoms with E-state index in [1.54, 1.807) is 24.5 Å². The molecule has 0 saturated carbocycles.